The van der Waals surface area contributed by atoms with Crippen molar-refractivity contribution in [2.45, 2.75) is 39.5 Å². The number of benzene rings is 2. The van der Waals surface area contributed by atoms with Crippen molar-refractivity contribution in [3.63, 3.8) is 0 Å². The molecular formula is C22H26N4O3. The lowest BCUT2D eigenvalue weighted by Crippen LogP contribution is -2.32. The van der Waals surface area contributed by atoms with Gasteiger partial charge in [-0.1, -0.05) is 24.3 Å². The van der Waals surface area contributed by atoms with Crippen LogP contribution in [0.4, 0.5) is 10.6 Å². The van der Waals surface area contributed by atoms with Crippen molar-refractivity contribution in [3.8, 4) is 5.75 Å². The molecule has 0 unspecified atom stereocenters. The number of para-hydroxylation sites is 1. The zero-order chi connectivity index (χ0) is 20.9. The Morgan fingerprint density at radius 1 is 1.00 bits per heavy atom. The average Bonchev–Trinajstić information content (AvgIpc) is 2.69. The van der Waals surface area contributed by atoms with Crippen LogP contribution >= 0.6 is 0 Å². The third-order valence-corrected chi connectivity index (χ3v) is 4.06. The van der Waals surface area contributed by atoms with Gasteiger partial charge in [0.05, 0.1) is 19.2 Å². The van der Waals surface area contributed by atoms with Gasteiger partial charge in [0, 0.05) is 11.9 Å². The summed E-state index contributed by atoms with van der Waals surface area (Å²) in [6, 6.07) is 15.6. The highest BCUT2D eigenvalue weighted by atomic mass is 16.6. The molecule has 0 aliphatic rings. The van der Waals surface area contributed by atoms with Gasteiger partial charge in [0.1, 0.15) is 17.2 Å². The second-order valence-corrected chi connectivity index (χ2v) is 7.56. The zero-order valence-corrected chi connectivity index (χ0v) is 17.2. The largest absolute Gasteiger partial charge is 0.497 e. The number of anilines is 1. The number of ether oxygens (including phenoxy) is 2. The van der Waals surface area contributed by atoms with Crippen LogP contribution in [0.3, 0.4) is 0 Å². The molecule has 2 aromatic carbocycles. The summed E-state index contributed by atoms with van der Waals surface area (Å²) in [7, 11) is 1.65. The van der Waals surface area contributed by atoms with Crippen molar-refractivity contribution in [2.24, 2.45) is 0 Å². The summed E-state index contributed by atoms with van der Waals surface area (Å²) in [5.41, 5.74) is 1.35. The van der Waals surface area contributed by atoms with Gasteiger partial charge in [-0.25, -0.2) is 14.8 Å². The van der Waals surface area contributed by atoms with E-state index in [1.165, 1.54) is 0 Å². The predicted molar refractivity (Wildman–Crippen MR) is 113 cm³/mol. The van der Waals surface area contributed by atoms with E-state index in [1.54, 1.807) is 7.11 Å². The average molecular weight is 394 g/mol. The van der Waals surface area contributed by atoms with E-state index in [1.807, 2.05) is 69.3 Å². The van der Waals surface area contributed by atoms with Crippen LogP contribution in [-0.2, 0) is 17.8 Å². The van der Waals surface area contributed by atoms with Crippen LogP contribution in [-0.4, -0.2) is 28.8 Å². The van der Waals surface area contributed by atoms with Gasteiger partial charge in [-0.2, -0.15) is 0 Å². The summed E-state index contributed by atoms with van der Waals surface area (Å²) in [5.74, 6) is 2.04. The fourth-order valence-corrected chi connectivity index (χ4v) is 2.73. The number of alkyl carbamates (subject to hydrolysis) is 1. The molecule has 2 N–H and O–H groups in total. The lowest BCUT2D eigenvalue weighted by Gasteiger charge is -2.19. The first-order chi connectivity index (χ1) is 13.8. The van der Waals surface area contributed by atoms with Gasteiger partial charge < -0.3 is 20.1 Å². The first-order valence-electron chi connectivity index (χ1n) is 9.43. The van der Waals surface area contributed by atoms with E-state index in [0.29, 0.717) is 18.2 Å². The number of carbonyl (C=O) groups excluding carboxylic acids is 1. The number of fused-ring (bicyclic) bond motifs is 1. The molecule has 0 bridgehead atoms. The monoisotopic (exact) mass is 394 g/mol. The Bertz CT molecular complexity index is 982. The standard InChI is InChI=1S/C22H26N4O3/c1-22(2,3)29-21(27)24-14-19-25-18-8-6-5-7-17(18)20(26-19)23-13-15-9-11-16(28-4)12-10-15/h5-12H,13-14H2,1-4H3,(H,24,27)(H,23,25,26). The molecule has 0 atom stereocenters. The Labute approximate surface area is 170 Å². The first kappa shape index (κ1) is 20.4. The van der Waals surface area contributed by atoms with Gasteiger partial charge in [-0.05, 0) is 50.6 Å². The number of hydrogen-bond donors (Lipinski definition) is 2. The minimum absolute atomic E-state index is 0.178. The van der Waals surface area contributed by atoms with Crippen LogP contribution in [0.5, 0.6) is 5.75 Å². The molecule has 0 fully saturated rings. The summed E-state index contributed by atoms with van der Waals surface area (Å²) >= 11 is 0. The maximum Gasteiger partial charge on any atom is 0.408 e. The third kappa shape index (κ3) is 5.81. The van der Waals surface area contributed by atoms with Crippen molar-refractivity contribution in [3.05, 3.63) is 59.9 Å². The normalized spacial score (nSPS) is 11.2. The SMILES string of the molecule is COc1ccc(CNc2nc(CNC(=O)OC(C)(C)C)nc3ccccc23)cc1. The summed E-state index contributed by atoms with van der Waals surface area (Å²) in [6.45, 7) is 6.24. The first-order valence-corrected chi connectivity index (χ1v) is 9.43. The van der Waals surface area contributed by atoms with Gasteiger partial charge in [-0.3, -0.25) is 0 Å². The molecule has 3 aromatic rings. The highest BCUT2D eigenvalue weighted by molar-refractivity contribution is 5.89. The third-order valence-electron chi connectivity index (χ3n) is 4.06. The molecule has 0 aliphatic heterocycles. The number of aromatic nitrogens is 2. The maximum atomic E-state index is 11.9. The molecule has 152 valence electrons. The molecule has 7 nitrogen and oxygen atoms in total. The van der Waals surface area contributed by atoms with E-state index in [2.05, 4.69) is 20.6 Å². The minimum Gasteiger partial charge on any atom is -0.497 e. The molecule has 1 amide bonds. The molecule has 3 rings (SSSR count). The van der Waals surface area contributed by atoms with E-state index in [0.717, 1.165) is 22.2 Å². The van der Waals surface area contributed by atoms with Gasteiger partial charge in [-0.15, -0.1) is 0 Å². The molecule has 0 radical (unpaired) electrons. The maximum absolute atomic E-state index is 11.9. The van der Waals surface area contributed by atoms with Crippen LogP contribution in [0.25, 0.3) is 10.9 Å². The summed E-state index contributed by atoms with van der Waals surface area (Å²) in [5, 5.41) is 7.00. The Balaban J connectivity index is 1.75. The summed E-state index contributed by atoms with van der Waals surface area (Å²) in [6.07, 6.45) is -0.498. The minimum atomic E-state index is -0.556. The molecule has 0 aliphatic carbocycles. The fourth-order valence-electron chi connectivity index (χ4n) is 2.73. The van der Waals surface area contributed by atoms with Gasteiger partial charge >= 0.3 is 6.09 Å². The number of nitrogens with one attached hydrogen (secondary N) is 2. The van der Waals surface area contributed by atoms with E-state index in [9.17, 15) is 4.79 Å². The lowest BCUT2D eigenvalue weighted by molar-refractivity contribution is 0.0522. The zero-order valence-electron chi connectivity index (χ0n) is 17.2. The van der Waals surface area contributed by atoms with E-state index in [-0.39, 0.29) is 6.54 Å². The van der Waals surface area contributed by atoms with Crippen LogP contribution in [0, 0.1) is 0 Å². The number of rotatable bonds is 6. The highest BCUT2D eigenvalue weighted by Gasteiger charge is 2.16. The number of nitrogens with zero attached hydrogens (tertiary/aromatic N) is 2. The second-order valence-electron chi connectivity index (χ2n) is 7.56. The molecule has 7 heteroatoms. The highest BCUT2D eigenvalue weighted by Crippen LogP contribution is 2.21. The second kappa shape index (κ2) is 8.77. The van der Waals surface area contributed by atoms with Crippen LogP contribution in [0.1, 0.15) is 32.2 Å². The molecular weight excluding hydrogens is 368 g/mol. The van der Waals surface area contributed by atoms with E-state index >= 15 is 0 Å². The Hall–Kier alpha value is -3.35. The fraction of sp³-hybridized carbons (Fsp3) is 0.318. The Morgan fingerprint density at radius 2 is 1.72 bits per heavy atom. The molecule has 0 spiro atoms. The van der Waals surface area contributed by atoms with Gasteiger partial charge in [0.15, 0.2) is 5.82 Å². The Kier molecular flexibility index (Phi) is 6.16. The summed E-state index contributed by atoms with van der Waals surface area (Å²) < 4.78 is 10.5. The lowest BCUT2D eigenvalue weighted by atomic mass is 10.2. The van der Waals surface area contributed by atoms with Crippen molar-refractivity contribution in [2.75, 3.05) is 12.4 Å². The predicted octanol–water partition coefficient (Wildman–Crippen LogP) is 4.28. The van der Waals surface area contributed by atoms with Gasteiger partial charge in [0.2, 0.25) is 0 Å². The topological polar surface area (TPSA) is 85.4 Å². The molecule has 1 heterocycles. The van der Waals surface area contributed by atoms with Crippen LogP contribution in [0.2, 0.25) is 0 Å². The Morgan fingerprint density at radius 3 is 2.41 bits per heavy atom. The van der Waals surface area contributed by atoms with Crippen molar-refractivity contribution in [1.29, 1.82) is 0 Å². The number of hydrogen-bond acceptors (Lipinski definition) is 6. The van der Waals surface area contributed by atoms with Crippen molar-refractivity contribution >= 4 is 22.8 Å². The molecule has 0 saturated carbocycles. The van der Waals surface area contributed by atoms with Crippen LogP contribution < -0.4 is 15.4 Å². The smallest absolute Gasteiger partial charge is 0.408 e. The number of carbonyl (C=O) groups is 1. The van der Waals surface area contributed by atoms with Crippen molar-refractivity contribution < 1.29 is 14.3 Å². The van der Waals surface area contributed by atoms with Crippen LogP contribution in [0.15, 0.2) is 48.5 Å². The molecule has 1 aromatic heterocycles. The number of amides is 1. The summed E-state index contributed by atoms with van der Waals surface area (Å²) in [4.78, 5) is 21.1. The molecule has 29 heavy (non-hydrogen) atoms. The van der Waals surface area contributed by atoms with Crippen molar-refractivity contribution in [1.82, 2.24) is 15.3 Å². The van der Waals surface area contributed by atoms with E-state index < -0.39 is 11.7 Å². The van der Waals surface area contributed by atoms with E-state index in [4.69, 9.17) is 9.47 Å². The van der Waals surface area contributed by atoms with Gasteiger partial charge in [0.25, 0.3) is 0 Å². The quantitative estimate of drug-likeness (QED) is 0.649. The molecule has 0 saturated heterocycles. The number of methoxy groups -OCH3 is 1.